The maximum atomic E-state index is 11.3. The summed E-state index contributed by atoms with van der Waals surface area (Å²) >= 11 is 0. The molecule has 0 radical (unpaired) electrons. The zero-order valence-electron chi connectivity index (χ0n) is 8.77. The molecule has 0 unspecified atom stereocenters. The molecule has 0 aliphatic rings. The number of aldehydes is 1. The Labute approximate surface area is 87.8 Å². The minimum absolute atomic E-state index is 0.0523. The number of rotatable bonds is 6. The van der Waals surface area contributed by atoms with Crippen molar-refractivity contribution in [2.45, 2.75) is 32.4 Å². The molecule has 0 aromatic rings. The summed E-state index contributed by atoms with van der Waals surface area (Å²) in [6.45, 7) is 3.53. The fraction of sp³-hybridized carbons (Fsp3) is 0.667. The Balaban J connectivity index is 4.21. The summed E-state index contributed by atoms with van der Waals surface area (Å²) in [6.07, 6.45) is 0.158. The monoisotopic (exact) mass is 216 g/mol. The Hall–Kier alpha value is -1.43. The molecular formula is C9H16N2O4. The Morgan fingerprint density at radius 2 is 2.00 bits per heavy atom. The number of nitrogens with one attached hydrogen (secondary N) is 1. The van der Waals surface area contributed by atoms with Gasteiger partial charge >= 0.3 is 5.97 Å². The van der Waals surface area contributed by atoms with E-state index in [1.165, 1.54) is 0 Å². The average molecular weight is 216 g/mol. The Bertz CT molecular complexity index is 252. The SMILES string of the molecule is CC(C)[C@@H](C=O)NC(=O)[C@@H](N)CC(=O)O. The average Bonchev–Trinajstić information content (AvgIpc) is 2.11. The fourth-order valence-corrected chi connectivity index (χ4v) is 0.910. The van der Waals surface area contributed by atoms with Crippen molar-refractivity contribution in [2.75, 3.05) is 0 Å². The van der Waals surface area contributed by atoms with Gasteiger partial charge in [-0.05, 0) is 5.92 Å². The number of hydrogen-bond donors (Lipinski definition) is 3. The third kappa shape index (κ3) is 5.11. The lowest BCUT2D eigenvalue weighted by Gasteiger charge is -2.18. The summed E-state index contributed by atoms with van der Waals surface area (Å²) in [6, 6.07) is -1.75. The Morgan fingerprint density at radius 1 is 1.47 bits per heavy atom. The number of carboxylic acid groups (broad SMARTS) is 1. The van der Waals surface area contributed by atoms with Crippen LogP contribution in [-0.4, -0.2) is 35.4 Å². The minimum Gasteiger partial charge on any atom is -0.481 e. The molecule has 0 aromatic carbocycles. The molecule has 6 heteroatoms. The van der Waals surface area contributed by atoms with Crippen LogP contribution in [0.15, 0.2) is 0 Å². The molecule has 0 fully saturated rings. The summed E-state index contributed by atoms with van der Waals surface area (Å²) < 4.78 is 0. The van der Waals surface area contributed by atoms with Gasteiger partial charge < -0.3 is 21.0 Å². The highest BCUT2D eigenvalue weighted by atomic mass is 16.4. The zero-order valence-corrected chi connectivity index (χ0v) is 8.77. The van der Waals surface area contributed by atoms with Crippen molar-refractivity contribution >= 4 is 18.2 Å². The van der Waals surface area contributed by atoms with Crippen LogP contribution in [0.4, 0.5) is 0 Å². The first-order chi connectivity index (χ1) is 6.88. The van der Waals surface area contributed by atoms with Crippen LogP contribution in [0.2, 0.25) is 0 Å². The maximum absolute atomic E-state index is 11.3. The second kappa shape index (κ2) is 6.13. The van der Waals surface area contributed by atoms with Gasteiger partial charge in [0.2, 0.25) is 5.91 Å². The second-order valence-electron chi connectivity index (χ2n) is 3.62. The van der Waals surface area contributed by atoms with Crippen LogP contribution in [0.5, 0.6) is 0 Å². The highest BCUT2D eigenvalue weighted by Gasteiger charge is 2.21. The number of carbonyl (C=O) groups is 3. The van der Waals surface area contributed by atoms with Crippen molar-refractivity contribution in [1.29, 1.82) is 0 Å². The van der Waals surface area contributed by atoms with Crippen LogP contribution >= 0.6 is 0 Å². The van der Waals surface area contributed by atoms with Gasteiger partial charge in [0.25, 0.3) is 0 Å². The van der Waals surface area contributed by atoms with E-state index in [1.54, 1.807) is 13.8 Å². The van der Waals surface area contributed by atoms with E-state index in [2.05, 4.69) is 5.32 Å². The summed E-state index contributed by atoms with van der Waals surface area (Å²) in [5.41, 5.74) is 5.31. The van der Waals surface area contributed by atoms with E-state index < -0.39 is 30.4 Å². The number of carbonyl (C=O) groups excluding carboxylic acids is 2. The number of aliphatic carboxylic acids is 1. The predicted octanol–water partition coefficient (Wildman–Crippen LogP) is -0.872. The summed E-state index contributed by atoms with van der Waals surface area (Å²) in [7, 11) is 0. The van der Waals surface area contributed by atoms with Gasteiger partial charge in [0, 0.05) is 0 Å². The maximum Gasteiger partial charge on any atom is 0.305 e. The van der Waals surface area contributed by atoms with E-state index in [0.29, 0.717) is 6.29 Å². The fourth-order valence-electron chi connectivity index (χ4n) is 0.910. The van der Waals surface area contributed by atoms with E-state index in [9.17, 15) is 14.4 Å². The molecule has 0 bridgehead atoms. The van der Waals surface area contributed by atoms with Gasteiger partial charge in [-0.1, -0.05) is 13.8 Å². The number of nitrogens with two attached hydrogens (primary N) is 1. The van der Waals surface area contributed by atoms with Gasteiger partial charge in [-0.15, -0.1) is 0 Å². The smallest absolute Gasteiger partial charge is 0.305 e. The Morgan fingerprint density at radius 3 is 2.33 bits per heavy atom. The van der Waals surface area contributed by atoms with Crippen LogP contribution in [-0.2, 0) is 14.4 Å². The predicted molar refractivity (Wildman–Crippen MR) is 53.1 cm³/mol. The van der Waals surface area contributed by atoms with Crippen molar-refractivity contribution in [3.8, 4) is 0 Å². The standard InChI is InChI=1S/C9H16N2O4/c1-5(2)7(4-12)11-9(15)6(10)3-8(13)14/h4-7H,3,10H2,1-2H3,(H,11,15)(H,13,14)/t6-,7+/m0/s1. The first-order valence-electron chi connectivity index (χ1n) is 4.61. The lowest BCUT2D eigenvalue weighted by atomic mass is 10.1. The lowest BCUT2D eigenvalue weighted by Crippen LogP contribution is -2.48. The molecule has 0 rings (SSSR count). The highest BCUT2D eigenvalue weighted by molar-refractivity contribution is 5.87. The van der Waals surface area contributed by atoms with E-state index in [4.69, 9.17) is 10.8 Å². The largest absolute Gasteiger partial charge is 0.481 e. The molecule has 6 nitrogen and oxygen atoms in total. The number of hydrogen-bond acceptors (Lipinski definition) is 4. The van der Waals surface area contributed by atoms with Gasteiger partial charge in [-0.25, -0.2) is 0 Å². The van der Waals surface area contributed by atoms with Crippen molar-refractivity contribution in [3.05, 3.63) is 0 Å². The molecule has 2 atom stereocenters. The van der Waals surface area contributed by atoms with E-state index >= 15 is 0 Å². The normalized spacial score (nSPS) is 14.4. The van der Waals surface area contributed by atoms with Crippen molar-refractivity contribution in [3.63, 3.8) is 0 Å². The van der Waals surface area contributed by atoms with E-state index in [1.807, 2.05) is 0 Å². The third-order valence-corrected chi connectivity index (χ3v) is 1.91. The van der Waals surface area contributed by atoms with Crippen molar-refractivity contribution < 1.29 is 19.5 Å². The second-order valence-corrected chi connectivity index (χ2v) is 3.62. The van der Waals surface area contributed by atoms with Crippen molar-refractivity contribution in [2.24, 2.45) is 11.7 Å². The van der Waals surface area contributed by atoms with Gasteiger partial charge in [-0.3, -0.25) is 9.59 Å². The molecule has 86 valence electrons. The molecule has 1 amide bonds. The van der Waals surface area contributed by atoms with E-state index in [0.717, 1.165) is 0 Å². The highest BCUT2D eigenvalue weighted by Crippen LogP contribution is 1.99. The first-order valence-corrected chi connectivity index (χ1v) is 4.61. The Kier molecular flexibility index (Phi) is 5.54. The van der Waals surface area contributed by atoms with Crippen LogP contribution < -0.4 is 11.1 Å². The zero-order chi connectivity index (χ0) is 12.0. The van der Waals surface area contributed by atoms with Crippen molar-refractivity contribution in [1.82, 2.24) is 5.32 Å². The lowest BCUT2D eigenvalue weighted by molar-refractivity contribution is -0.139. The summed E-state index contributed by atoms with van der Waals surface area (Å²) in [4.78, 5) is 32.1. The third-order valence-electron chi connectivity index (χ3n) is 1.91. The van der Waals surface area contributed by atoms with Gasteiger partial charge in [0.1, 0.15) is 6.29 Å². The quantitative estimate of drug-likeness (QED) is 0.500. The molecule has 0 heterocycles. The van der Waals surface area contributed by atoms with Crippen LogP contribution in [0, 0.1) is 5.92 Å². The molecule has 0 aliphatic heterocycles. The van der Waals surface area contributed by atoms with Crippen LogP contribution in [0.3, 0.4) is 0 Å². The minimum atomic E-state index is -1.15. The first kappa shape index (κ1) is 13.6. The molecule has 0 aromatic heterocycles. The van der Waals surface area contributed by atoms with E-state index in [-0.39, 0.29) is 5.92 Å². The molecule has 15 heavy (non-hydrogen) atoms. The van der Waals surface area contributed by atoms with Gasteiger partial charge in [0.05, 0.1) is 18.5 Å². The molecule has 0 aliphatic carbocycles. The van der Waals surface area contributed by atoms with Crippen LogP contribution in [0.25, 0.3) is 0 Å². The summed E-state index contributed by atoms with van der Waals surface area (Å²) in [5, 5.41) is 10.8. The topological polar surface area (TPSA) is 109 Å². The van der Waals surface area contributed by atoms with Crippen LogP contribution in [0.1, 0.15) is 20.3 Å². The summed E-state index contributed by atoms with van der Waals surface area (Å²) in [5.74, 6) is -1.82. The molecule has 0 saturated heterocycles. The van der Waals surface area contributed by atoms with Gasteiger partial charge in [-0.2, -0.15) is 0 Å². The number of carboxylic acids is 1. The molecule has 4 N–H and O–H groups in total. The molecule has 0 saturated carbocycles. The number of amides is 1. The van der Waals surface area contributed by atoms with Gasteiger partial charge in [0.15, 0.2) is 0 Å². The molecule has 0 spiro atoms. The molecular weight excluding hydrogens is 200 g/mol.